The molecule has 1 aliphatic rings. The van der Waals surface area contributed by atoms with E-state index in [1.165, 1.54) is 0 Å². The highest BCUT2D eigenvalue weighted by molar-refractivity contribution is 5.69. The number of rotatable bonds is 7. The van der Waals surface area contributed by atoms with E-state index in [2.05, 4.69) is 6.92 Å². The Morgan fingerprint density at radius 2 is 2.00 bits per heavy atom. The third kappa shape index (κ3) is 6.26. The minimum atomic E-state index is -0.233. The number of hydrogen-bond acceptors (Lipinski definition) is 4. The van der Waals surface area contributed by atoms with Gasteiger partial charge in [-0.1, -0.05) is 20.3 Å². The summed E-state index contributed by atoms with van der Waals surface area (Å²) in [5.74, 6) is 0.0958. The lowest BCUT2D eigenvalue weighted by atomic mass is 9.99. The van der Waals surface area contributed by atoms with E-state index in [9.17, 15) is 9.59 Å². The Labute approximate surface area is 121 Å². The van der Waals surface area contributed by atoms with Crippen LogP contribution in [0.5, 0.6) is 0 Å². The fourth-order valence-electron chi connectivity index (χ4n) is 2.25. The highest BCUT2D eigenvalue weighted by atomic mass is 16.6. The highest BCUT2D eigenvalue weighted by Gasteiger charge is 2.25. The molecule has 1 fully saturated rings. The summed E-state index contributed by atoms with van der Waals surface area (Å²) >= 11 is 0. The van der Waals surface area contributed by atoms with Crippen molar-refractivity contribution in [3.05, 3.63) is 0 Å². The quantitative estimate of drug-likeness (QED) is 0.533. The maximum Gasteiger partial charge on any atom is 0.409 e. The molecular weight excluding hydrogens is 258 g/mol. The van der Waals surface area contributed by atoms with E-state index in [0.29, 0.717) is 26.2 Å². The van der Waals surface area contributed by atoms with Crippen LogP contribution in [-0.4, -0.2) is 43.3 Å². The minimum absolute atomic E-state index is 0.143. The van der Waals surface area contributed by atoms with Crippen molar-refractivity contribution in [1.29, 1.82) is 0 Å². The SMILES string of the molecule is CCCCOC(=O)N1CCC[C@@H](COC(=O)CCC)C1. The average molecular weight is 285 g/mol. The maximum atomic E-state index is 11.9. The van der Waals surface area contributed by atoms with E-state index in [1.807, 2.05) is 6.92 Å². The molecule has 1 saturated heterocycles. The molecule has 0 unspecified atom stereocenters. The first-order chi connectivity index (χ1) is 9.67. The summed E-state index contributed by atoms with van der Waals surface area (Å²) in [6, 6.07) is 0. The molecule has 0 aromatic carbocycles. The number of hydrogen-bond donors (Lipinski definition) is 0. The summed E-state index contributed by atoms with van der Waals surface area (Å²) in [6.45, 7) is 6.29. The minimum Gasteiger partial charge on any atom is -0.465 e. The van der Waals surface area contributed by atoms with Crippen molar-refractivity contribution in [2.45, 2.75) is 52.4 Å². The van der Waals surface area contributed by atoms with Gasteiger partial charge in [0.25, 0.3) is 0 Å². The van der Waals surface area contributed by atoms with Gasteiger partial charge in [-0.3, -0.25) is 4.79 Å². The summed E-state index contributed by atoms with van der Waals surface area (Å²) < 4.78 is 10.4. The number of unbranched alkanes of at least 4 members (excludes halogenated alkanes) is 1. The Balaban J connectivity index is 2.27. The van der Waals surface area contributed by atoms with Gasteiger partial charge in [-0.25, -0.2) is 4.79 Å². The molecule has 116 valence electrons. The summed E-state index contributed by atoms with van der Waals surface area (Å²) in [4.78, 5) is 24.9. The second-order valence-corrected chi connectivity index (χ2v) is 5.36. The lowest BCUT2D eigenvalue weighted by molar-refractivity contribution is -0.145. The molecule has 0 aromatic rings. The molecule has 0 aliphatic carbocycles. The zero-order valence-electron chi connectivity index (χ0n) is 12.7. The normalized spacial score (nSPS) is 18.7. The van der Waals surface area contributed by atoms with Crippen LogP contribution in [0.3, 0.4) is 0 Å². The molecule has 0 radical (unpaired) electrons. The molecule has 0 N–H and O–H groups in total. The molecule has 0 saturated carbocycles. The number of ether oxygens (including phenoxy) is 2. The number of esters is 1. The van der Waals surface area contributed by atoms with E-state index in [4.69, 9.17) is 9.47 Å². The van der Waals surface area contributed by atoms with Gasteiger partial charge in [0.15, 0.2) is 0 Å². The fourth-order valence-corrected chi connectivity index (χ4v) is 2.25. The molecule has 0 aromatic heterocycles. The van der Waals surface area contributed by atoms with E-state index < -0.39 is 0 Å². The van der Waals surface area contributed by atoms with Gasteiger partial charge in [-0.2, -0.15) is 0 Å². The Kier molecular flexibility index (Phi) is 8.07. The lowest BCUT2D eigenvalue weighted by Crippen LogP contribution is -2.41. The van der Waals surface area contributed by atoms with Crippen LogP contribution in [-0.2, 0) is 14.3 Å². The maximum absolute atomic E-state index is 11.9. The standard InChI is InChI=1S/C15H27NO4/c1-3-5-10-19-15(18)16-9-6-8-13(11-16)12-20-14(17)7-4-2/h13H,3-12H2,1-2H3/t13-/m1/s1. The van der Waals surface area contributed by atoms with Crippen molar-refractivity contribution in [2.24, 2.45) is 5.92 Å². The van der Waals surface area contributed by atoms with Crippen LogP contribution in [0, 0.1) is 5.92 Å². The Morgan fingerprint density at radius 3 is 2.70 bits per heavy atom. The second kappa shape index (κ2) is 9.61. The third-order valence-corrected chi connectivity index (χ3v) is 3.43. The topological polar surface area (TPSA) is 55.8 Å². The van der Waals surface area contributed by atoms with Crippen LogP contribution in [0.25, 0.3) is 0 Å². The van der Waals surface area contributed by atoms with Gasteiger partial charge in [0.1, 0.15) is 0 Å². The predicted octanol–water partition coefficient (Wildman–Crippen LogP) is 2.98. The zero-order chi connectivity index (χ0) is 14.8. The summed E-state index contributed by atoms with van der Waals surface area (Å²) in [6.07, 6.45) is 4.90. The summed E-state index contributed by atoms with van der Waals surface area (Å²) in [7, 11) is 0. The van der Waals surface area contributed by atoms with Crippen molar-refractivity contribution in [2.75, 3.05) is 26.3 Å². The number of amides is 1. The van der Waals surface area contributed by atoms with Gasteiger partial charge < -0.3 is 14.4 Å². The van der Waals surface area contributed by atoms with Crippen molar-refractivity contribution in [3.63, 3.8) is 0 Å². The molecule has 1 atom stereocenters. The largest absolute Gasteiger partial charge is 0.465 e. The van der Waals surface area contributed by atoms with Gasteiger partial charge in [-0.05, 0) is 25.7 Å². The second-order valence-electron chi connectivity index (χ2n) is 5.36. The fraction of sp³-hybridized carbons (Fsp3) is 0.867. The molecule has 5 nitrogen and oxygen atoms in total. The monoisotopic (exact) mass is 285 g/mol. The van der Waals surface area contributed by atoms with Crippen LogP contribution in [0.15, 0.2) is 0 Å². The molecule has 5 heteroatoms. The third-order valence-electron chi connectivity index (χ3n) is 3.43. The van der Waals surface area contributed by atoms with Crippen molar-refractivity contribution < 1.29 is 19.1 Å². The Bertz CT molecular complexity index is 306. The van der Waals surface area contributed by atoms with Gasteiger partial charge in [-0.15, -0.1) is 0 Å². The number of piperidine rings is 1. The molecule has 0 spiro atoms. The number of carbonyl (C=O) groups is 2. The number of likely N-dealkylation sites (tertiary alicyclic amines) is 1. The van der Waals surface area contributed by atoms with Crippen LogP contribution < -0.4 is 0 Å². The van der Waals surface area contributed by atoms with E-state index in [1.54, 1.807) is 4.90 Å². The highest BCUT2D eigenvalue weighted by Crippen LogP contribution is 2.18. The zero-order valence-corrected chi connectivity index (χ0v) is 12.7. The van der Waals surface area contributed by atoms with Crippen molar-refractivity contribution in [1.82, 2.24) is 4.90 Å². The molecular formula is C15H27NO4. The van der Waals surface area contributed by atoms with Crippen molar-refractivity contribution >= 4 is 12.1 Å². The predicted molar refractivity (Wildman–Crippen MR) is 76.4 cm³/mol. The van der Waals surface area contributed by atoms with Gasteiger partial charge in [0.2, 0.25) is 0 Å². The Morgan fingerprint density at radius 1 is 1.20 bits per heavy atom. The van der Waals surface area contributed by atoms with Crippen LogP contribution in [0.2, 0.25) is 0 Å². The van der Waals surface area contributed by atoms with Gasteiger partial charge in [0, 0.05) is 25.4 Å². The van der Waals surface area contributed by atoms with Gasteiger partial charge >= 0.3 is 12.1 Å². The Hall–Kier alpha value is -1.26. The van der Waals surface area contributed by atoms with Crippen LogP contribution >= 0.6 is 0 Å². The molecule has 20 heavy (non-hydrogen) atoms. The first-order valence-corrected chi connectivity index (χ1v) is 7.74. The molecule has 1 aliphatic heterocycles. The van der Waals surface area contributed by atoms with Crippen molar-refractivity contribution in [3.8, 4) is 0 Å². The molecule has 1 amide bonds. The number of carbonyl (C=O) groups excluding carboxylic acids is 2. The van der Waals surface area contributed by atoms with Crippen LogP contribution in [0.1, 0.15) is 52.4 Å². The first kappa shape index (κ1) is 16.8. The smallest absolute Gasteiger partial charge is 0.409 e. The molecule has 1 rings (SSSR count). The van der Waals surface area contributed by atoms with Crippen LogP contribution in [0.4, 0.5) is 4.79 Å². The first-order valence-electron chi connectivity index (χ1n) is 7.74. The molecule has 1 heterocycles. The lowest BCUT2D eigenvalue weighted by Gasteiger charge is -2.31. The van der Waals surface area contributed by atoms with Gasteiger partial charge in [0.05, 0.1) is 13.2 Å². The molecule has 0 bridgehead atoms. The number of nitrogens with zero attached hydrogens (tertiary/aromatic N) is 1. The van der Waals surface area contributed by atoms with E-state index >= 15 is 0 Å². The summed E-state index contributed by atoms with van der Waals surface area (Å²) in [5.41, 5.74) is 0. The van der Waals surface area contributed by atoms with E-state index in [-0.39, 0.29) is 18.0 Å². The van der Waals surface area contributed by atoms with E-state index in [0.717, 1.165) is 38.6 Å². The summed E-state index contributed by atoms with van der Waals surface area (Å²) in [5, 5.41) is 0. The average Bonchev–Trinajstić information content (AvgIpc) is 2.46.